The first-order valence-electron chi connectivity index (χ1n) is 6.70. The Morgan fingerprint density at radius 2 is 2.05 bits per heavy atom. The number of benzene rings is 1. The van der Waals surface area contributed by atoms with Gasteiger partial charge in [0.1, 0.15) is 5.82 Å². The van der Waals surface area contributed by atoms with E-state index in [1.54, 1.807) is 12.1 Å². The second kappa shape index (κ2) is 7.36. The van der Waals surface area contributed by atoms with E-state index in [9.17, 15) is 9.50 Å². The highest BCUT2D eigenvalue weighted by Crippen LogP contribution is 2.25. The van der Waals surface area contributed by atoms with E-state index >= 15 is 0 Å². The zero-order chi connectivity index (χ0) is 15.3. The predicted molar refractivity (Wildman–Crippen MR) is 79.5 cm³/mol. The van der Waals surface area contributed by atoms with Gasteiger partial charge in [0.2, 0.25) is 0 Å². The Bertz CT molecular complexity index is 414. The molecule has 0 aliphatic heterocycles. The summed E-state index contributed by atoms with van der Waals surface area (Å²) >= 11 is 5.99. The van der Waals surface area contributed by atoms with Crippen LogP contribution in [0.3, 0.4) is 0 Å². The van der Waals surface area contributed by atoms with Crippen LogP contribution in [-0.4, -0.2) is 30.0 Å². The molecule has 0 bridgehead atoms. The molecule has 0 aliphatic rings. The van der Waals surface area contributed by atoms with E-state index in [1.165, 1.54) is 6.07 Å². The first-order chi connectivity index (χ1) is 9.20. The summed E-state index contributed by atoms with van der Waals surface area (Å²) in [6, 6.07) is 4.31. The Balaban J connectivity index is 2.49. The summed E-state index contributed by atoms with van der Waals surface area (Å²) in [4.78, 5) is 0. The molecule has 1 rings (SSSR count). The molecule has 0 fully saturated rings. The summed E-state index contributed by atoms with van der Waals surface area (Å²) in [6.07, 6.45) is -0.651. The Hall–Kier alpha value is -0.680. The predicted octanol–water partition coefficient (Wildman–Crippen LogP) is 3.31. The minimum absolute atomic E-state index is 0.230. The Morgan fingerprint density at radius 1 is 1.40 bits per heavy atom. The fourth-order valence-electron chi connectivity index (χ4n) is 1.74. The van der Waals surface area contributed by atoms with Crippen molar-refractivity contribution in [2.75, 3.05) is 13.2 Å². The summed E-state index contributed by atoms with van der Waals surface area (Å²) < 4.78 is 19.2. The van der Waals surface area contributed by atoms with Crippen molar-refractivity contribution in [2.24, 2.45) is 0 Å². The third kappa shape index (κ3) is 5.75. The number of nitrogens with one attached hydrogen (secondary N) is 1. The lowest BCUT2D eigenvalue weighted by molar-refractivity contribution is -0.0483. The summed E-state index contributed by atoms with van der Waals surface area (Å²) in [5, 5.41) is 13.3. The van der Waals surface area contributed by atoms with Crippen molar-refractivity contribution in [2.45, 2.75) is 45.4 Å². The average Bonchev–Trinajstić information content (AvgIpc) is 2.32. The van der Waals surface area contributed by atoms with E-state index in [-0.39, 0.29) is 24.1 Å². The van der Waals surface area contributed by atoms with Crippen molar-refractivity contribution in [3.63, 3.8) is 0 Å². The normalized spacial score (nSPS) is 15.2. The van der Waals surface area contributed by atoms with Crippen LogP contribution in [0.5, 0.6) is 0 Å². The molecule has 2 N–H and O–H groups in total. The highest BCUT2D eigenvalue weighted by atomic mass is 35.5. The smallest absolute Gasteiger partial charge is 0.129 e. The Morgan fingerprint density at radius 3 is 2.60 bits per heavy atom. The van der Waals surface area contributed by atoms with Crippen LogP contribution in [0.15, 0.2) is 18.2 Å². The van der Waals surface area contributed by atoms with Gasteiger partial charge < -0.3 is 15.2 Å². The topological polar surface area (TPSA) is 41.5 Å². The lowest BCUT2D eigenvalue weighted by Crippen LogP contribution is -2.35. The quantitative estimate of drug-likeness (QED) is 0.847. The first kappa shape index (κ1) is 17.4. The zero-order valence-electron chi connectivity index (χ0n) is 12.4. The number of halogens is 2. The molecular weight excluding hydrogens is 281 g/mol. The monoisotopic (exact) mass is 303 g/mol. The van der Waals surface area contributed by atoms with Crippen LogP contribution in [0, 0.1) is 5.82 Å². The first-order valence-corrected chi connectivity index (χ1v) is 7.08. The van der Waals surface area contributed by atoms with Crippen LogP contribution >= 0.6 is 11.6 Å². The Kier molecular flexibility index (Phi) is 6.40. The molecule has 0 saturated carbocycles. The van der Waals surface area contributed by atoms with Gasteiger partial charge in [-0.1, -0.05) is 17.7 Å². The van der Waals surface area contributed by atoms with Gasteiger partial charge >= 0.3 is 0 Å². The van der Waals surface area contributed by atoms with Gasteiger partial charge in [0.25, 0.3) is 0 Å². The van der Waals surface area contributed by atoms with Gasteiger partial charge in [-0.25, -0.2) is 4.39 Å². The fraction of sp³-hybridized carbons (Fsp3) is 0.600. The minimum Gasteiger partial charge on any atom is -0.389 e. The number of aliphatic hydroxyl groups is 1. The minimum atomic E-state index is -0.651. The van der Waals surface area contributed by atoms with Crippen molar-refractivity contribution in [3.8, 4) is 0 Å². The SMILES string of the molecule is CC(NCC(O)COC(C)(C)C)c1c(F)cccc1Cl. The van der Waals surface area contributed by atoms with Gasteiger partial charge in [-0.05, 0) is 39.8 Å². The van der Waals surface area contributed by atoms with Crippen molar-refractivity contribution in [1.82, 2.24) is 5.32 Å². The molecule has 0 aliphatic carbocycles. The van der Waals surface area contributed by atoms with Crippen LogP contribution in [0.2, 0.25) is 5.02 Å². The number of rotatable bonds is 6. The van der Waals surface area contributed by atoms with Crippen molar-refractivity contribution in [3.05, 3.63) is 34.6 Å². The van der Waals surface area contributed by atoms with Crippen molar-refractivity contribution < 1.29 is 14.2 Å². The molecule has 0 spiro atoms. The van der Waals surface area contributed by atoms with Gasteiger partial charge in [0.15, 0.2) is 0 Å². The molecule has 0 aromatic heterocycles. The average molecular weight is 304 g/mol. The van der Waals surface area contributed by atoms with Crippen LogP contribution in [-0.2, 0) is 4.74 Å². The zero-order valence-corrected chi connectivity index (χ0v) is 13.2. The van der Waals surface area contributed by atoms with Gasteiger partial charge in [0, 0.05) is 23.2 Å². The standard InChI is InChI=1S/C15H23ClFNO2/c1-10(14-12(16)6-5-7-13(14)17)18-8-11(19)9-20-15(2,3)4/h5-7,10-11,18-19H,8-9H2,1-4H3. The highest BCUT2D eigenvalue weighted by Gasteiger charge is 2.17. The molecule has 2 unspecified atom stereocenters. The number of hydrogen-bond acceptors (Lipinski definition) is 3. The van der Waals surface area contributed by atoms with E-state index in [4.69, 9.17) is 16.3 Å². The molecule has 3 nitrogen and oxygen atoms in total. The molecule has 0 saturated heterocycles. The molecule has 0 radical (unpaired) electrons. The van der Waals surface area contributed by atoms with Crippen LogP contribution < -0.4 is 5.32 Å². The summed E-state index contributed by atoms with van der Waals surface area (Å²) in [5.74, 6) is -0.349. The van der Waals surface area contributed by atoms with E-state index in [0.29, 0.717) is 17.1 Å². The maximum Gasteiger partial charge on any atom is 0.129 e. The summed E-state index contributed by atoms with van der Waals surface area (Å²) in [5.41, 5.74) is 0.125. The molecule has 0 heterocycles. The highest BCUT2D eigenvalue weighted by molar-refractivity contribution is 6.31. The molecule has 1 aromatic rings. The van der Waals surface area contributed by atoms with Crippen molar-refractivity contribution in [1.29, 1.82) is 0 Å². The number of ether oxygens (including phenoxy) is 1. The van der Waals surface area contributed by atoms with Gasteiger partial charge in [-0.2, -0.15) is 0 Å². The molecule has 5 heteroatoms. The second-order valence-corrected chi connectivity index (χ2v) is 6.25. The summed E-state index contributed by atoms with van der Waals surface area (Å²) in [6.45, 7) is 8.12. The molecule has 0 amide bonds. The maximum atomic E-state index is 13.7. The maximum absolute atomic E-state index is 13.7. The van der Waals surface area contributed by atoms with Gasteiger partial charge in [-0.3, -0.25) is 0 Å². The Labute approximate surface area is 125 Å². The van der Waals surface area contributed by atoms with Gasteiger partial charge in [0.05, 0.1) is 18.3 Å². The van der Waals surface area contributed by atoms with Crippen LogP contribution in [0.4, 0.5) is 4.39 Å². The summed E-state index contributed by atoms with van der Waals surface area (Å²) in [7, 11) is 0. The fourth-order valence-corrected chi connectivity index (χ4v) is 2.07. The molecule has 20 heavy (non-hydrogen) atoms. The van der Waals surface area contributed by atoms with Gasteiger partial charge in [-0.15, -0.1) is 0 Å². The second-order valence-electron chi connectivity index (χ2n) is 5.84. The van der Waals surface area contributed by atoms with E-state index in [1.807, 2.05) is 27.7 Å². The lowest BCUT2D eigenvalue weighted by Gasteiger charge is -2.23. The third-order valence-corrected chi connectivity index (χ3v) is 3.13. The number of aliphatic hydroxyl groups excluding tert-OH is 1. The molecular formula is C15H23ClFNO2. The van der Waals surface area contributed by atoms with Crippen LogP contribution in [0.1, 0.15) is 39.3 Å². The van der Waals surface area contributed by atoms with E-state index in [2.05, 4.69) is 5.32 Å². The van der Waals surface area contributed by atoms with Crippen molar-refractivity contribution >= 4 is 11.6 Å². The molecule has 114 valence electrons. The third-order valence-electron chi connectivity index (χ3n) is 2.80. The van der Waals surface area contributed by atoms with E-state index < -0.39 is 6.10 Å². The van der Waals surface area contributed by atoms with Crippen LogP contribution in [0.25, 0.3) is 0 Å². The number of hydrogen-bond donors (Lipinski definition) is 2. The van der Waals surface area contributed by atoms with E-state index in [0.717, 1.165) is 0 Å². The largest absolute Gasteiger partial charge is 0.389 e. The lowest BCUT2D eigenvalue weighted by atomic mass is 10.1. The molecule has 1 aromatic carbocycles. The molecule has 2 atom stereocenters.